The number of unbranched alkanes of at least 4 members (excludes halogenated alkanes) is 6. The molecule has 1 aliphatic rings. The van der Waals surface area contributed by atoms with Crippen LogP contribution < -0.4 is 0 Å². The zero-order valence-electron chi connectivity index (χ0n) is 9.71. The summed E-state index contributed by atoms with van der Waals surface area (Å²) in [6.07, 6.45) is 13.6. The van der Waals surface area contributed by atoms with Crippen LogP contribution in [0.3, 0.4) is 0 Å². The van der Waals surface area contributed by atoms with E-state index in [1.807, 2.05) is 6.08 Å². The fourth-order valence-corrected chi connectivity index (χ4v) is 1.87. The molecular weight excluding hydrogens is 188 g/mol. The third-order valence-electron chi connectivity index (χ3n) is 2.81. The molecule has 0 aromatic carbocycles. The zero-order chi connectivity index (χ0) is 10.9. The monoisotopic (exact) mass is 210 g/mol. The van der Waals surface area contributed by atoms with Gasteiger partial charge in [0, 0.05) is 6.08 Å². The van der Waals surface area contributed by atoms with Crippen molar-refractivity contribution in [1.82, 2.24) is 0 Å². The second-order valence-electron chi connectivity index (χ2n) is 4.24. The quantitative estimate of drug-likeness (QED) is 0.452. The van der Waals surface area contributed by atoms with Crippen molar-refractivity contribution < 1.29 is 9.53 Å². The van der Waals surface area contributed by atoms with E-state index in [4.69, 9.17) is 4.74 Å². The highest BCUT2D eigenvalue weighted by Crippen LogP contribution is 2.14. The van der Waals surface area contributed by atoms with Gasteiger partial charge in [-0.2, -0.15) is 0 Å². The van der Waals surface area contributed by atoms with Gasteiger partial charge in [-0.15, -0.1) is 0 Å². The zero-order valence-corrected chi connectivity index (χ0v) is 9.71. The molecule has 0 spiro atoms. The van der Waals surface area contributed by atoms with Crippen LogP contribution >= 0.6 is 0 Å². The molecule has 1 heterocycles. The highest BCUT2D eigenvalue weighted by atomic mass is 16.5. The molecule has 2 heteroatoms. The van der Waals surface area contributed by atoms with Gasteiger partial charge in [-0.05, 0) is 18.9 Å². The van der Waals surface area contributed by atoms with Crippen LogP contribution in [0.5, 0.6) is 0 Å². The van der Waals surface area contributed by atoms with Crippen molar-refractivity contribution in [2.24, 2.45) is 0 Å². The number of esters is 1. The topological polar surface area (TPSA) is 26.3 Å². The van der Waals surface area contributed by atoms with Gasteiger partial charge in [0.15, 0.2) is 0 Å². The predicted molar refractivity (Wildman–Crippen MR) is 61.6 cm³/mol. The number of cyclic esters (lactones) is 1. The number of hydrogen-bond acceptors (Lipinski definition) is 2. The third-order valence-corrected chi connectivity index (χ3v) is 2.81. The summed E-state index contributed by atoms with van der Waals surface area (Å²) in [5.74, 6) is -0.178. The molecule has 0 aliphatic carbocycles. The van der Waals surface area contributed by atoms with Crippen molar-refractivity contribution in [3.05, 3.63) is 12.2 Å². The normalized spacial score (nSPS) is 19.5. The molecule has 1 rings (SSSR count). The first-order valence-electron chi connectivity index (χ1n) is 6.21. The minimum Gasteiger partial charge on any atom is -0.455 e. The Hall–Kier alpha value is -0.790. The van der Waals surface area contributed by atoms with E-state index in [0.29, 0.717) is 0 Å². The van der Waals surface area contributed by atoms with Crippen molar-refractivity contribution in [3.8, 4) is 0 Å². The van der Waals surface area contributed by atoms with E-state index in [1.165, 1.54) is 51.0 Å². The molecule has 0 N–H and O–H groups in total. The molecule has 0 saturated heterocycles. The Bertz CT molecular complexity index is 209. The lowest BCUT2D eigenvalue weighted by Gasteiger charge is -2.07. The van der Waals surface area contributed by atoms with Crippen LogP contribution in [-0.4, -0.2) is 12.1 Å². The van der Waals surface area contributed by atoms with Gasteiger partial charge in [0.1, 0.15) is 6.10 Å². The maximum Gasteiger partial charge on any atom is 0.331 e. The molecule has 1 aliphatic heterocycles. The summed E-state index contributed by atoms with van der Waals surface area (Å²) >= 11 is 0. The molecule has 0 fully saturated rings. The lowest BCUT2D eigenvalue weighted by atomic mass is 10.1. The number of ether oxygens (including phenoxy) is 1. The largest absolute Gasteiger partial charge is 0.455 e. The summed E-state index contributed by atoms with van der Waals surface area (Å²) in [5.41, 5.74) is 0. The molecule has 0 amide bonds. The smallest absolute Gasteiger partial charge is 0.331 e. The summed E-state index contributed by atoms with van der Waals surface area (Å²) in [4.78, 5) is 10.8. The van der Waals surface area contributed by atoms with Crippen LogP contribution in [0.15, 0.2) is 12.2 Å². The van der Waals surface area contributed by atoms with Crippen LogP contribution in [0.4, 0.5) is 0 Å². The van der Waals surface area contributed by atoms with Crippen molar-refractivity contribution in [3.63, 3.8) is 0 Å². The first-order chi connectivity index (χ1) is 7.33. The number of hydrogen-bond donors (Lipinski definition) is 0. The highest BCUT2D eigenvalue weighted by molar-refractivity contribution is 5.84. The van der Waals surface area contributed by atoms with Crippen LogP contribution in [0.1, 0.15) is 58.3 Å². The van der Waals surface area contributed by atoms with Crippen molar-refractivity contribution >= 4 is 5.97 Å². The fourth-order valence-electron chi connectivity index (χ4n) is 1.87. The third kappa shape index (κ3) is 5.60. The van der Waals surface area contributed by atoms with Gasteiger partial charge in [-0.25, -0.2) is 4.79 Å². The van der Waals surface area contributed by atoms with Crippen LogP contribution in [0.2, 0.25) is 0 Å². The van der Waals surface area contributed by atoms with Gasteiger partial charge in [-0.3, -0.25) is 0 Å². The SMILES string of the molecule is CCCCCCCCCC1C=CC(=O)O1. The first kappa shape index (κ1) is 12.3. The van der Waals surface area contributed by atoms with Crippen LogP contribution in [0, 0.1) is 0 Å². The Morgan fingerprint density at radius 1 is 1.13 bits per heavy atom. The Balaban J connectivity index is 1.85. The maximum atomic E-state index is 10.8. The molecule has 0 bridgehead atoms. The van der Waals surface area contributed by atoms with Crippen LogP contribution in [0.25, 0.3) is 0 Å². The summed E-state index contributed by atoms with van der Waals surface area (Å²) in [7, 11) is 0. The van der Waals surface area contributed by atoms with Gasteiger partial charge in [-0.1, -0.05) is 45.4 Å². The van der Waals surface area contributed by atoms with Gasteiger partial charge in [0.05, 0.1) is 0 Å². The second-order valence-corrected chi connectivity index (χ2v) is 4.24. The summed E-state index contributed by atoms with van der Waals surface area (Å²) in [6.45, 7) is 2.24. The molecule has 0 saturated carbocycles. The Kier molecular flexibility index (Phi) is 6.14. The van der Waals surface area contributed by atoms with Crippen molar-refractivity contribution in [1.29, 1.82) is 0 Å². The number of rotatable bonds is 8. The average molecular weight is 210 g/mol. The molecule has 86 valence electrons. The summed E-state index contributed by atoms with van der Waals surface area (Å²) in [6, 6.07) is 0. The molecule has 0 aromatic rings. The Morgan fingerprint density at radius 2 is 1.80 bits per heavy atom. The minimum absolute atomic E-state index is 0.0631. The van der Waals surface area contributed by atoms with Crippen molar-refractivity contribution in [2.45, 2.75) is 64.4 Å². The summed E-state index contributed by atoms with van der Waals surface area (Å²) < 4.78 is 5.06. The molecule has 0 aromatic heterocycles. The van der Waals surface area contributed by atoms with E-state index in [1.54, 1.807) is 0 Å². The molecule has 15 heavy (non-hydrogen) atoms. The molecular formula is C13H22O2. The Morgan fingerprint density at radius 3 is 2.40 bits per heavy atom. The lowest BCUT2D eigenvalue weighted by Crippen LogP contribution is -2.06. The van der Waals surface area contributed by atoms with Gasteiger partial charge >= 0.3 is 5.97 Å². The summed E-state index contributed by atoms with van der Waals surface area (Å²) in [5, 5.41) is 0. The average Bonchev–Trinajstić information content (AvgIpc) is 2.63. The minimum atomic E-state index is -0.178. The second kappa shape index (κ2) is 7.49. The van der Waals surface area contributed by atoms with Gasteiger partial charge < -0.3 is 4.74 Å². The van der Waals surface area contributed by atoms with E-state index in [0.717, 1.165) is 6.42 Å². The van der Waals surface area contributed by atoms with E-state index < -0.39 is 0 Å². The Labute approximate surface area is 92.7 Å². The van der Waals surface area contributed by atoms with E-state index in [-0.39, 0.29) is 12.1 Å². The number of carbonyl (C=O) groups is 1. The first-order valence-corrected chi connectivity index (χ1v) is 6.21. The van der Waals surface area contributed by atoms with E-state index in [2.05, 4.69) is 6.92 Å². The van der Waals surface area contributed by atoms with E-state index in [9.17, 15) is 4.79 Å². The van der Waals surface area contributed by atoms with Gasteiger partial charge in [0.2, 0.25) is 0 Å². The molecule has 0 radical (unpaired) electrons. The van der Waals surface area contributed by atoms with Gasteiger partial charge in [0.25, 0.3) is 0 Å². The fraction of sp³-hybridized carbons (Fsp3) is 0.769. The van der Waals surface area contributed by atoms with Crippen molar-refractivity contribution in [2.75, 3.05) is 0 Å². The number of carbonyl (C=O) groups excluding carboxylic acids is 1. The lowest BCUT2D eigenvalue weighted by molar-refractivity contribution is -0.138. The molecule has 2 nitrogen and oxygen atoms in total. The van der Waals surface area contributed by atoms with Crippen LogP contribution in [-0.2, 0) is 9.53 Å². The molecule has 1 unspecified atom stereocenters. The maximum absolute atomic E-state index is 10.8. The highest BCUT2D eigenvalue weighted by Gasteiger charge is 2.15. The predicted octanol–water partition coefficient (Wildman–Crippen LogP) is 3.61. The molecule has 1 atom stereocenters. The standard InChI is InChI=1S/C13H22O2/c1-2-3-4-5-6-7-8-9-12-10-11-13(14)15-12/h10-12H,2-9H2,1H3. The van der Waals surface area contributed by atoms with E-state index >= 15 is 0 Å².